The van der Waals surface area contributed by atoms with Crippen molar-refractivity contribution in [1.29, 1.82) is 0 Å². The average molecular weight is 975 g/mol. The van der Waals surface area contributed by atoms with Crippen molar-refractivity contribution in [3.05, 3.63) is 188 Å². The number of aromatic nitrogens is 1. The van der Waals surface area contributed by atoms with Crippen LogP contribution in [0.4, 0.5) is 8.63 Å². The van der Waals surface area contributed by atoms with Gasteiger partial charge in [0.25, 0.3) is 0 Å². The second kappa shape index (κ2) is 20.1. The molecule has 0 amide bonds. The molecule has 7 rings (SSSR count). The molecule has 0 bridgehead atoms. The van der Waals surface area contributed by atoms with Crippen LogP contribution in [0.5, 0.6) is 0 Å². The van der Waals surface area contributed by atoms with Crippen molar-refractivity contribution in [3.63, 3.8) is 0 Å². The number of halogens is 5. The molecule has 309 valence electrons. The number of rotatable bonds is 9. The van der Waals surface area contributed by atoms with E-state index in [-0.39, 0.29) is 24.6 Å². The highest BCUT2D eigenvalue weighted by Gasteiger charge is 2.30. The maximum atomic E-state index is 16.2. The number of ether oxygens (including phenoxy) is 2. The molecule has 0 saturated heterocycles. The lowest BCUT2D eigenvalue weighted by molar-refractivity contribution is -0.140. The highest BCUT2D eigenvalue weighted by Crippen LogP contribution is 2.47. The Morgan fingerprint density at radius 1 is 0.710 bits per heavy atom. The SMILES string of the molecule is CC(=O)OCC#Cc1ccc(C2=IN/C(=C(/c3c(Cl)cc(C)cc3Cl)c3c(-c4ccccc4)cc(-c4ccc(C#CCOC(C)=O)cc4)n3[B-](F)F)C(c3ccccc3)=C2)cc1. The van der Waals surface area contributed by atoms with E-state index in [0.29, 0.717) is 49.1 Å². The van der Waals surface area contributed by atoms with Gasteiger partial charge >= 0.3 is 19.3 Å². The van der Waals surface area contributed by atoms with Crippen LogP contribution < -0.4 is 3.53 Å². The number of hydrogen-bond acceptors (Lipinski definition) is 5. The molecule has 1 aliphatic heterocycles. The maximum Gasteiger partial charge on any atom is 0.341 e. The first-order valence-electron chi connectivity index (χ1n) is 19.3. The molecule has 0 fully saturated rings. The molecule has 0 aliphatic carbocycles. The molecule has 1 radical (unpaired) electrons. The Hall–Kier alpha value is -6.18. The van der Waals surface area contributed by atoms with Crippen molar-refractivity contribution in [3.8, 4) is 46.1 Å². The smallest absolute Gasteiger partial charge is 0.341 e. The van der Waals surface area contributed by atoms with Crippen LogP contribution >= 0.6 is 44.2 Å². The number of nitrogens with one attached hydrogen (secondary N) is 1. The Balaban J connectivity index is 1.48. The van der Waals surface area contributed by atoms with Crippen molar-refractivity contribution in [2.45, 2.75) is 20.8 Å². The van der Waals surface area contributed by atoms with Crippen LogP contribution in [0.1, 0.15) is 52.9 Å². The van der Waals surface area contributed by atoms with Crippen molar-refractivity contribution in [2.75, 3.05) is 13.2 Å². The molecule has 1 aliphatic rings. The molecular formula is C50H36BCl2F2IN2O4-. The Morgan fingerprint density at radius 3 is 1.74 bits per heavy atom. The zero-order chi connectivity index (χ0) is 43.8. The van der Waals surface area contributed by atoms with Crippen LogP contribution in [0.25, 0.3) is 33.5 Å². The molecule has 0 atom stereocenters. The largest absolute Gasteiger partial charge is 0.484 e. The van der Waals surface area contributed by atoms with E-state index < -0.39 is 40.3 Å². The van der Waals surface area contributed by atoms with Gasteiger partial charge < -0.3 is 26.1 Å². The number of esters is 2. The summed E-state index contributed by atoms with van der Waals surface area (Å²) in [6.07, 6.45) is 2.12. The summed E-state index contributed by atoms with van der Waals surface area (Å²) in [5.74, 6) is 10.8. The van der Waals surface area contributed by atoms with Gasteiger partial charge in [0, 0.05) is 83.1 Å². The van der Waals surface area contributed by atoms with Gasteiger partial charge in [-0.3, -0.25) is 9.59 Å². The van der Waals surface area contributed by atoms with Crippen LogP contribution in [0, 0.1) is 30.6 Å². The number of nitrogens with zero attached hydrogens (tertiary/aromatic N) is 1. The van der Waals surface area contributed by atoms with Crippen molar-refractivity contribution in [2.24, 2.45) is 0 Å². The van der Waals surface area contributed by atoms with E-state index >= 15 is 8.63 Å². The zero-order valence-electron chi connectivity index (χ0n) is 33.7. The van der Waals surface area contributed by atoms with Crippen molar-refractivity contribution >= 4 is 78.2 Å². The minimum Gasteiger partial charge on any atom is -0.484 e. The summed E-state index contributed by atoms with van der Waals surface area (Å²) in [6, 6.07) is 39.4. The van der Waals surface area contributed by atoms with E-state index in [2.05, 4.69) is 33.3 Å². The summed E-state index contributed by atoms with van der Waals surface area (Å²) in [4.78, 5) is 22.4. The first kappa shape index (κ1) is 43.9. The third kappa shape index (κ3) is 10.3. The minimum atomic E-state index is -3.00. The fraction of sp³-hybridized carbons (Fsp3) is 0.100. The van der Waals surface area contributed by atoms with E-state index in [0.717, 1.165) is 35.8 Å². The van der Waals surface area contributed by atoms with Gasteiger partial charge in [-0.05, 0) is 83.3 Å². The van der Waals surface area contributed by atoms with Gasteiger partial charge in [0.1, 0.15) is 0 Å². The standard InChI is InChI=1S/C50H36BCl2F2IN2O4/c1-32-28-43(52)47(44(53)29-32)48(49-41(37-14-6-4-7-15-37)30-45(56-57-49)39-22-18-35(19-23-39)12-10-26-61-33(2)59)50-42(38-16-8-5-9-17-38)31-46(58(50)51(54)55)40-24-20-36(21-25-40)13-11-27-62-34(3)60/h4-9,14-25,28-31,57H,26-27H2,1-3H3/q-1/b49-48-. The molecule has 5 aromatic carbocycles. The lowest BCUT2D eigenvalue weighted by atomic mass is 9.88. The summed E-state index contributed by atoms with van der Waals surface area (Å²) in [6.45, 7) is 4.47. The Labute approximate surface area is 379 Å². The molecule has 62 heavy (non-hydrogen) atoms. The maximum absolute atomic E-state index is 16.2. The highest BCUT2D eigenvalue weighted by atomic mass is 127. The van der Waals surface area contributed by atoms with E-state index in [4.69, 9.17) is 32.7 Å². The molecule has 6 aromatic rings. The molecule has 0 saturated carbocycles. The molecule has 0 unspecified atom stereocenters. The topological polar surface area (TPSA) is 69.6 Å². The predicted octanol–water partition coefficient (Wildman–Crippen LogP) is 11.6. The Morgan fingerprint density at radius 2 is 1.23 bits per heavy atom. The molecule has 2 heterocycles. The molecule has 1 N–H and O–H groups in total. The average Bonchev–Trinajstić information content (AvgIpc) is 3.67. The van der Waals surface area contributed by atoms with Gasteiger partial charge in [0.15, 0.2) is 13.2 Å². The predicted molar refractivity (Wildman–Crippen MR) is 255 cm³/mol. The lowest BCUT2D eigenvalue weighted by Gasteiger charge is -2.29. The normalized spacial score (nSPS) is 12.9. The second-order valence-corrected chi connectivity index (χ2v) is 17.0. The fourth-order valence-electron chi connectivity index (χ4n) is 6.87. The number of carbonyl (C=O) groups is 2. The summed E-state index contributed by atoms with van der Waals surface area (Å²) in [5.41, 5.74) is 8.52. The third-order valence-corrected chi connectivity index (χ3v) is 12.5. The first-order valence-corrected chi connectivity index (χ1v) is 22.2. The van der Waals surface area contributed by atoms with Crippen LogP contribution in [-0.2, 0) is 19.1 Å². The van der Waals surface area contributed by atoms with Gasteiger partial charge in [-0.2, -0.15) is 0 Å². The Kier molecular flexibility index (Phi) is 14.3. The van der Waals surface area contributed by atoms with Crippen LogP contribution in [0.15, 0.2) is 139 Å². The molecular weight excluding hydrogens is 939 g/mol. The summed E-state index contributed by atoms with van der Waals surface area (Å²) in [7, 11) is -3.00. The van der Waals surface area contributed by atoms with E-state index in [1.54, 1.807) is 42.5 Å². The summed E-state index contributed by atoms with van der Waals surface area (Å²) in [5, 5.41) is 0.619. The quantitative estimate of drug-likeness (QED) is 0.0514. The number of benzene rings is 5. The van der Waals surface area contributed by atoms with Gasteiger partial charge in [0.05, 0.1) is 15.7 Å². The molecule has 6 nitrogen and oxygen atoms in total. The van der Waals surface area contributed by atoms with E-state index in [1.165, 1.54) is 13.8 Å². The van der Waals surface area contributed by atoms with Crippen molar-refractivity contribution < 1.29 is 27.7 Å². The first-order chi connectivity index (χ1) is 30.0. The van der Waals surface area contributed by atoms with E-state index in [1.807, 2.05) is 91.9 Å². The monoisotopic (exact) mass is 974 g/mol. The second-order valence-electron chi connectivity index (χ2n) is 13.9. The highest BCUT2D eigenvalue weighted by molar-refractivity contribution is 14.2. The zero-order valence-corrected chi connectivity index (χ0v) is 37.3. The van der Waals surface area contributed by atoms with Gasteiger partial charge in [-0.1, -0.05) is 132 Å². The number of carbonyl (C=O) groups excluding carboxylic acids is 2. The third-order valence-electron chi connectivity index (χ3n) is 9.61. The lowest BCUT2D eigenvalue weighted by Crippen LogP contribution is -2.21. The Bertz CT molecular complexity index is 2870. The summed E-state index contributed by atoms with van der Waals surface area (Å²) >= 11 is 13.4. The van der Waals surface area contributed by atoms with Gasteiger partial charge in [0.2, 0.25) is 0 Å². The summed E-state index contributed by atoms with van der Waals surface area (Å²) < 4.78 is 48.1. The molecule has 12 heteroatoms. The van der Waals surface area contributed by atoms with Gasteiger partial charge in [-0.15, -0.1) is 0 Å². The van der Waals surface area contributed by atoms with Crippen LogP contribution in [0.2, 0.25) is 10.0 Å². The molecule has 0 spiro atoms. The minimum absolute atomic E-state index is 0.00358. The fourth-order valence-corrected chi connectivity index (χ4v) is 9.92. The van der Waals surface area contributed by atoms with Crippen LogP contribution in [-0.4, -0.2) is 40.5 Å². The van der Waals surface area contributed by atoms with Crippen LogP contribution in [0.3, 0.4) is 0 Å². The number of allylic oxidation sites excluding steroid dienone is 2. The van der Waals surface area contributed by atoms with E-state index in [9.17, 15) is 9.59 Å². The molecule has 1 aromatic heterocycles. The van der Waals surface area contributed by atoms with Crippen molar-refractivity contribution in [1.82, 2.24) is 8.01 Å². The van der Waals surface area contributed by atoms with Gasteiger partial charge in [-0.25, -0.2) is 0 Å². The number of hydrogen-bond donors (Lipinski definition) is 1. The number of aryl methyl sites for hydroxylation is 1.